The highest BCUT2D eigenvalue weighted by Gasteiger charge is 2.40. The van der Waals surface area contributed by atoms with E-state index < -0.39 is 27.5 Å². The van der Waals surface area contributed by atoms with Crippen LogP contribution < -0.4 is 0 Å². The van der Waals surface area contributed by atoms with Gasteiger partial charge in [0.15, 0.2) is 0 Å². The van der Waals surface area contributed by atoms with Crippen molar-refractivity contribution in [3.8, 4) is 0 Å². The average Bonchev–Trinajstić information content (AvgIpc) is 3.29. The average molecular weight is 556 g/mol. The second-order valence-electron chi connectivity index (χ2n) is 11.0. The fourth-order valence-corrected chi connectivity index (χ4v) is 6.66. The lowest BCUT2D eigenvalue weighted by molar-refractivity contribution is -0.158. The molecule has 0 aliphatic carbocycles. The normalized spacial score (nSPS) is 18.3. The predicted octanol–water partition coefficient (Wildman–Crippen LogP) is 4.14. The van der Waals surface area contributed by atoms with Gasteiger partial charge in [-0.25, -0.2) is 8.42 Å². The summed E-state index contributed by atoms with van der Waals surface area (Å²) in [4.78, 5) is 16.6. The number of rotatable bonds is 10. The maximum Gasteiger partial charge on any atom is 0.312 e. The van der Waals surface area contributed by atoms with E-state index in [2.05, 4.69) is 15.3 Å². The number of hydrogen-bond donors (Lipinski definition) is 1. The Labute approximate surface area is 230 Å². The minimum absolute atomic E-state index is 0.0934. The lowest BCUT2D eigenvalue weighted by Gasteiger charge is -2.31. The third kappa shape index (κ3) is 6.21. The maximum absolute atomic E-state index is 13.6. The third-order valence-electron chi connectivity index (χ3n) is 7.24. The highest BCUT2D eigenvalue weighted by atomic mass is 32.2. The highest BCUT2D eigenvalue weighted by molar-refractivity contribution is 7.89. The number of aryl methyl sites for hydroxylation is 2. The number of pyridine rings is 1. The highest BCUT2D eigenvalue weighted by Crippen LogP contribution is 2.39. The van der Waals surface area contributed by atoms with Crippen LogP contribution in [0.2, 0.25) is 0 Å². The minimum Gasteiger partial charge on any atom is -0.481 e. The van der Waals surface area contributed by atoms with Gasteiger partial charge in [0.2, 0.25) is 10.0 Å². The largest absolute Gasteiger partial charge is 0.481 e. The fourth-order valence-electron chi connectivity index (χ4n) is 4.94. The summed E-state index contributed by atoms with van der Waals surface area (Å²) in [5.74, 6) is -0.882. The van der Waals surface area contributed by atoms with Crippen LogP contribution in [0.3, 0.4) is 0 Å². The Morgan fingerprint density at radius 1 is 1.28 bits per heavy atom. The number of ether oxygens (including phenoxy) is 1. The van der Waals surface area contributed by atoms with E-state index in [0.717, 1.165) is 29.7 Å². The molecule has 1 unspecified atom stereocenters. The van der Waals surface area contributed by atoms with E-state index in [-0.39, 0.29) is 24.0 Å². The molecular formula is C28H37N5O5S. The van der Waals surface area contributed by atoms with Crippen molar-refractivity contribution < 1.29 is 23.1 Å². The SMILES string of the molecule is CCCn1cc(COC(c2ccc(C)c(CN3C[C@H](C)Cc4ccncc4S3(=O)=O)c2)C(C)(C)C(=O)O)nn1. The molecule has 2 aromatic heterocycles. The number of carbonyl (C=O) groups is 1. The van der Waals surface area contributed by atoms with E-state index in [1.165, 1.54) is 10.5 Å². The second-order valence-corrected chi connectivity index (χ2v) is 12.9. The van der Waals surface area contributed by atoms with Gasteiger partial charge < -0.3 is 9.84 Å². The molecule has 3 heterocycles. The molecule has 0 bridgehead atoms. The Bertz CT molecular complexity index is 1440. The molecule has 0 saturated heterocycles. The van der Waals surface area contributed by atoms with Crippen molar-refractivity contribution in [2.75, 3.05) is 6.54 Å². The summed E-state index contributed by atoms with van der Waals surface area (Å²) in [7, 11) is -3.76. The maximum atomic E-state index is 13.6. The molecule has 0 radical (unpaired) electrons. The van der Waals surface area contributed by atoms with Crippen LogP contribution in [0, 0.1) is 18.3 Å². The van der Waals surface area contributed by atoms with Gasteiger partial charge in [-0.2, -0.15) is 4.31 Å². The van der Waals surface area contributed by atoms with E-state index in [0.29, 0.717) is 24.2 Å². The summed E-state index contributed by atoms with van der Waals surface area (Å²) >= 11 is 0. The monoisotopic (exact) mass is 555 g/mol. The summed E-state index contributed by atoms with van der Waals surface area (Å²) in [5, 5.41) is 18.3. The van der Waals surface area contributed by atoms with Gasteiger partial charge in [-0.1, -0.05) is 37.3 Å². The smallest absolute Gasteiger partial charge is 0.312 e. The third-order valence-corrected chi connectivity index (χ3v) is 9.12. The van der Waals surface area contributed by atoms with E-state index in [1.54, 1.807) is 37.0 Å². The van der Waals surface area contributed by atoms with Crippen LogP contribution in [0.25, 0.3) is 0 Å². The molecule has 1 aliphatic heterocycles. The second kappa shape index (κ2) is 11.5. The zero-order chi connectivity index (χ0) is 28.4. The van der Waals surface area contributed by atoms with Crippen LogP contribution >= 0.6 is 0 Å². The Kier molecular flexibility index (Phi) is 8.53. The lowest BCUT2D eigenvalue weighted by atomic mass is 9.81. The summed E-state index contributed by atoms with van der Waals surface area (Å²) in [6.45, 7) is 10.6. The van der Waals surface area contributed by atoms with Crippen LogP contribution in [-0.2, 0) is 45.7 Å². The van der Waals surface area contributed by atoms with Crippen LogP contribution in [0.15, 0.2) is 47.8 Å². The van der Waals surface area contributed by atoms with Crippen molar-refractivity contribution in [2.45, 2.75) is 78.2 Å². The molecule has 1 aliphatic rings. The molecule has 1 aromatic carbocycles. The molecule has 0 spiro atoms. The molecule has 210 valence electrons. The van der Waals surface area contributed by atoms with Crippen molar-refractivity contribution in [3.63, 3.8) is 0 Å². The Morgan fingerprint density at radius 2 is 2.05 bits per heavy atom. The molecule has 0 fully saturated rings. The molecule has 0 saturated carbocycles. The van der Waals surface area contributed by atoms with Gasteiger partial charge in [-0.3, -0.25) is 14.5 Å². The van der Waals surface area contributed by atoms with E-state index in [4.69, 9.17) is 4.74 Å². The number of fused-ring (bicyclic) bond motifs is 1. The number of carboxylic acid groups (broad SMARTS) is 1. The standard InChI is InChI=1S/C28H37N5O5S/c1-6-11-32-17-24(30-31-32)18-38-26(28(4,5)27(34)35)22-8-7-20(3)23(13-22)16-33-15-19(2)12-21-9-10-29-14-25(21)39(33,36)37/h7-10,13-14,17,19,26H,6,11-12,15-16,18H2,1-5H3,(H,34,35)/t19-,26?/m1/s1. The van der Waals surface area contributed by atoms with Gasteiger partial charge in [0.1, 0.15) is 10.6 Å². The van der Waals surface area contributed by atoms with Crippen LogP contribution in [0.1, 0.15) is 68.2 Å². The molecule has 1 N–H and O–H groups in total. The first-order chi connectivity index (χ1) is 18.4. The van der Waals surface area contributed by atoms with Crippen molar-refractivity contribution in [3.05, 3.63) is 70.8 Å². The molecular weight excluding hydrogens is 518 g/mol. The molecule has 11 heteroatoms. The van der Waals surface area contributed by atoms with Gasteiger partial charge in [0, 0.05) is 32.0 Å². The quantitative estimate of drug-likeness (QED) is 0.395. The van der Waals surface area contributed by atoms with E-state index in [9.17, 15) is 18.3 Å². The van der Waals surface area contributed by atoms with Gasteiger partial charge in [-0.05, 0) is 67.9 Å². The summed E-state index contributed by atoms with van der Waals surface area (Å²) in [6, 6.07) is 7.38. The van der Waals surface area contributed by atoms with Crippen molar-refractivity contribution in [1.82, 2.24) is 24.3 Å². The number of sulfonamides is 1. The van der Waals surface area contributed by atoms with Crippen molar-refractivity contribution >= 4 is 16.0 Å². The molecule has 3 aromatic rings. The molecule has 0 amide bonds. The van der Waals surface area contributed by atoms with E-state index >= 15 is 0 Å². The van der Waals surface area contributed by atoms with Crippen LogP contribution in [-0.4, -0.2) is 50.3 Å². The summed E-state index contributed by atoms with van der Waals surface area (Å²) in [5.41, 5.74) is 2.48. The van der Waals surface area contributed by atoms with Crippen molar-refractivity contribution in [1.29, 1.82) is 0 Å². The van der Waals surface area contributed by atoms with Gasteiger partial charge in [-0.15, -0.1) is 5.10 Å². The topological polar surface area (TPSA) is 128 Å². The van der Waals surface area contributed by atoms with Crippen LogP contribution in [0.4, 0.5) is 0 Å². The van der Waals surface area contributed by atoms with Gasteiger partial charge in [0.05, 0.1) is 24.3 Å². The molecule has 2 atom stereocenters. The summed E-state index contributed by atoms with van der Waals surface area (Å²) in [6.07, 6.45) is 5.60. The number of aromatic nitrogens is 4. The summed E-state index contributed by atoms with van der Waals surface area (Å²) < 4.78 is 36.7. The zero-order valence-electron chi connectivity index (χ0n) is 23.2. The van der Waals surface area contributed by atoms with E-state index in [1.807, 2.05) is 39.0 Å². The number of benzene rings is 1. The first-order valence-corrected chi connectivity index (χ1v) is 14.6. The Morgan fingerprint density at radius 3 is 2.77 bits per heavy atom. The Hall–Kier alpha value is -3.15. The number of aliphatic carboxylic acids is 1. The molecule has 39 heavy (non-hydrogen) atoms. The van der Waals surface area contributed by atoms with Crippen LogP contribution in [0.5, 0.6) is 0 Å². The predicted molar refractivity (Wildman–Crippen MR) is 145 cm³/mol. The Balaban J connectivity index is 1.65. The van der Waals surface area contributed by atoms with Gasteiger partial charge >= 0.3 is 5.97 Å². The zero-order valence-corrected chi connectivity index (χ0v) is 24.0. The molecule has 10 nitrogen and oxygen atoms in total. The fraction of sp³-hybridized carbons (Fsp3) is 0.500. The number of nitrogens with zero attached hydrogens (tertiary/aromatic N) is 5. The lowest BCUT2D eigenvalue weighted by Crippen LogP contribution is -2.34. The number of carboxylic acids is 1. The minimum atomic E-state index is -3.76. The molecule has 4 rings (SSSR count). The first-order valence-electron chi connectivity index (χ1n) is 13.2. The van der Waals surface area contributed by atoms with Gasteiger partial charge in [0.25, 0.3) is 0 Å². The first kappa shape index (κ1) is 28.8. The number of hydrogen-bond acceptors (Lipinski definition) is 7. The van der Waals surface area contributed by atoms with Crippen molar-refractivity contribution in [2.24, 2.45) is 11.3 Å².